The molecular formula is C9H12N2O. The fourth-order valence-corrected chi connectivity index (χ4v) is 1.38. The molecular weight excluding hydrogens is 152 g/mol. The Kier molecular flexibility index (Phi) is 2.70. The summed E-state index contributed by atoms with van der Waals surface area (Å²) >= 11 is 0. The van der Waals surface area contributed by atoms with E-state index in [1.165, 1.54) is 0 Å². The first-order valence-corrected chi connectivity index (χ1v) is 3.89. The third kappa shape index (κ3) is 1.58. The number of terminal acetylenes is 1. The van der Waals surface area contributed by atoms with Crippen molar-refractivity contribution < 1.29 is 4.74 Å². The van der Waals surface area contributed by atoms with Gasteiger partial charge in [-0.1, -0.05) is 5.92 Å². The maximum absolute atomic E-state index is 8.84. The van der Waals surface area contributed by atoms with E-state index in [4.69, 9.17) is 16.4 Å². The molecule has 0 atom stereocenters. The van der Waals surface area contributed by atoms with Crippen LogP contribution in [0.15, 0.2) is 0 Å². The molecule has 0 heterocycles. The Balaban J connectivity index is 2.39. The molecule has 0 aliphatic heterocycles. The molecule has 0 aromatic rings. The highest BCUT2D eigenvalue weighted by Crippen LogP contribution is 2.33. The monoisotopic (exact) mass is 164 g/mol. The van der Waals surface area contributed by atoms with E-state index in [0.717, 1.165) is 12.8 Å². The standard InChI is InChI=1S/C9H12N2O/c1-3-4-11-9(7-10)5-8(6-9)12-2/h1,8,11H,4-6H2,2H3. The number of nitriles is 1. The molecule has 0 saturated heterocycles. The minimum Gasteiger partial charge on any atom is -0.381 e. The summed E-state index contributed by atoms with van der Waals surface area (Å²) in [5.74, 6) is 2.46. The Morgan fingerprint density at radius 3 is 2.83 bits per heavy atom. The van der Waals surface area contributed by atoms with Crippen molar-refractivity contribution in [2.45, 2.75) is 24.5 Å². The molecule has 0 aromatic heterocycles. The van der Waals surface area contributed by atoms with Crippen LogP contribution in [0.4, 0.5) is 0 Å². The predicted octanol–water partition coefficient (Wildman–Crippen LogP) is 0.280. The third-order valence-corrected chi connectivity index (χ3v) is 2.23. The Morgan fingerprint density at radius 1 is 1.75 bits per heavy atom. The number of nitrogens with zero attached hydrogens (tertiary/aromatic N) is 1. The zero-order valence-electron chi connectivity index (χ0n) is 7.13. The minimum absolute atomic E-state index is 0.218. The SMILES string of the molecule is C#CCNC1(C#N)CC(OC)C1. The number of rotatable bonds is 3. The van der Waals surface area contributed by atoms with Gasteiger partial charge in [-0.25, -0.2) is 0 Å². The summed E-state index contributed by atoms with van der Waals surface area (Å²) in [6.45, 7) is 0.448. The first kappa shape index (κ1) is 9.06. The average molecular weight is 164 g/mol. The molecule has 0 unspecified atom stereocenters. The van der Waals surface area contributed by atoms with Crippen LogP contribution in [0, 0.1) is 23.7 Å². The van der Waals surface area contributed by atoms with Gasteiger partial charge in [0.25, 0.3) is 0 Å². The molecule has 1 aliphatic carbocycles. The van der Waals surface area contributed by atoms with E-state index in [2.05, 4.69) is 17.3 Å². The lowest BCUT2D eigenvalue weighted by atomic mass is 9.75. The van der Waals surface area contributed by atoms with Gasteiger partial charge in [0.2, 0.25) is 0 Å². The third-order valence-electron chi connectivity index (χ3n) is 2.23. The van der Waals surface area contributed by atoms with Gasteiger partial charge in [-0.05, 0) is 0 Å². The smallest absolute Gasteiger partial charge is 0.112 e. The highest BCUT2D eigenvalue weighted by molar-refractivity contribution is 5.17. The largest absolute Gasteiger partial charge is 0.381 e. The van der Waals surface area contributed by atoms with Gasteiger partial charge in [0, 0.05) is 20.0 Å². The van der Waals surface area contributed by atoms with Crippen LogP contribution in [0.1, 0.15) is 12.8 Å². The lowest BCUT2D eigenvalue weighted by Gasteiger charge is -2.41. The van der Waals surface area contributed by atoms with Crippen LogP contribution >= 0.6 is 0 Å². The van der Waals surface area contributed by atoms with Gasteiger partial charge in [-0.2, -0.15) is 5.26 Å². The second-order valence-electron chi connectivity index (χ2n) is 3.02. The van der Waals surface area contributed by atoms with Gasteiger partial charge >= 0.3 is 0 Å². The van der Waals surface area contributed by atoms with E-state index < -0.39 is 5.54 Å². The Hall–Kier alpha value is -1.03. The molecule has 0 amide bonds. The molecule has 12 heavy (non-hydrogen) atoms. The molecule has 0 spiro atoms. The fourth-order valence-electron chi connectivity index (χ4n) is 1.38. The summed E-state index contributed by atoms with van der Waals surface area (Å²) in [5, 5.41) is 11.9. The molecule has 3 heteroatoms. The van der Waals surface area contributed by atoms with Gasteiger partial charge in [0.05, 0.1) is 18.7 Å². The Bertz CT molecular complexity index is 230. The molecule has 64 valence electrons. The molecule has 0 bridgehead atoms. The van der Waals surface area contributed by atoms with Crippen LogP contribution in [-0.2, 0) is 4.74 Å². The zero-order chi connectivity index (χ0) is 9.03. The molecule has 0 aromatic carbocycles. The highest BCUT2D eigenvalue weighted by atomic mass is 16.5. The molecule has 1 aliphatic rings. The molecule has 3 nitrogen and oxygen atoms in total. The molecule has 0 radical (unpaired) electrons. The second-order valence-corrected chi connectivity index (χ2v) is 3.02. The van der Waals surface area contributed by atoms with Crippen molar-refractivity contribution in [3.8, 4) is 18.4 Å². The van der Waals surface area contributed by atoms with Crippen molar-refractivity contribution in [2.75, 3.05) is 13.7 Å². The van der Waals surface area contributed by atoms with E-state index in [-0.39, 0.29) is 6.10 Å². The zero-order valence-corrected chi connectivity index (χ0v) is 7.13. The molecule has 1 rings (SSSR count). The summed E-state index contributed by atoms with van der Waals surface area (Å²) < 4.78 is 5.08. The van der Waals surface area contributed by atoms with Crippen LogP contribution in [0.3, 0.4) is 0 Å². The second kappa shape index (κ2) is 3.58. The number of hydrogen-bond donors (Lipinski definition) is 1. The van der Waals surface area contributed by atoms with Crippen LogP contribution in [0.25, 0.3) is 0 Å². The summed E-state index contributed by atoms with van der Waals surface area (Å²) in [5.41, 5.74) is -0.424. The van der Waals surface area contributed by atoms with E-state index in [1.807, 2.05) is 0 Å². The number of nitrogens with one attached hydrogen (secondary N) is 1. The maximum Gasteiger partial charge on any atom is 0.112 e. The fraction of sp³-hybridized carbons (Fsp3) is 0.667. The predicted molar refractivity (Wildman–Crippen MR) is 45.2 cm³/mol. The summed E-state index contributed by atoms with van der Waals surface area (Å²) in [6.07, 6.45) is 6.78. The quantitative estimate of drug-likeness (QED) is 0.609. The molecule has 1 saturated carbocycles. The van der Waals surface area contributed by atoms with Crippen LogP contribution in [0.2, 0.25) is 0 Å². The van der Waals surface area contributed by atoms with Gasteiger partial charge in [-0.3, -0.25) is 5.32 Å². The van der Waals surface area contributed by atoms with E-state index in [9.17, 15) is 0 Å². The van der Waals surface area contributed by atoms with Crippen molar-refractivity contribution in [3.05, 3.63) is 0 Å². The van der Waals surface area contributed by atoms with Crippen LogP contribution in [-0.4, -0.2) is 25.3 Å². The summed E-state index contributed by atoms with van der Waals surface area (Å²) in [4.78, 5) is 0. The maximum atomic E-state index is 8.84. The normalized spacial score (nSPS) is 33.1. The Labute approximate surface area is 72.7 Å². The lowest BCUT2D eigenvalue weighted by molar-refractivity contribution is -0.00613. The first-order valence-electron chi connectivity index (χ1n) is 3.89. The first-order chi connectivity index (χ1) is 5.76. The number of ether oxygens (including phenoxy) is 1. The van der Waals surface area contributed by atoms with E-state index in [0.29, 0.717) is 6.54 Å². The minimum atomic E-state index is -0.424. The van der Waals surface area contributed by atoms with Gasteiger partial charge in [0.15, 0.2) is 0 Å². The van der Waals surface area contributed by atoms with Crippen LogP contribution in [0.5, 0.6) is 0 Å². The van der Waals surface area contributed by atoms with Crippen molar-refractivity contribution in [3.63, 3.8) is 0 Å². The molecule has 1 fully saturated rings. The lowest BCUT2D eigenvalue weighted by Crippen LogP contribution is -2.57. The topological polar surface area (TPSA) is 45.0 Å². The Morgan fingerprint density at radius 2 is 2.42 bits per heavy atom. The van der Waals surface area contributed by atoms with Crippen molar-refractivity contribution >= 4 is 0 Å². The average Bonchev–Trinajstić information content (AvgIpc) is 2.04. The van der Waals surface area contributed by atoms with Crippen molar-refractivity contribution in [2.24, 2.45) is 0 Å². The highest BCUT2D eigenvalue weighted by Gasteiger charge is 2.44. The van der Waals surface area contributed by atoms with E-state index in [1.54, 1.807) is 7.11 Å². The van der Waals surface area contributed by atoms with E-state index >= 15 is 0 Å². The number of methoxy groups -OCH3 is 1. The summed E-state index contributed by atoms with van der Waals surface area (Å²) in [7, 11) is 1.66. The molecule has 1 N–H and O–H groups in total. The number of hydrogen-bond acceptors (Lipinski definition) is 3. The van der Waals surface area contributed by atoms with Gasteiger partial charge < -0.3 is 4.74 Å². The van der Waals surface area contributed by atoms with Crippen LogP contribution < -0.4 is 5.32 Å². The van der Waals surface area contributed by atoms with Crippen molar-refractivity contribution in [1.29, 1.82) is 5.26 Å². The summed E-state index contributed by atoms with van der Waals surface area (Å²) in [6, 6.07) is 2.23. The van der Waals surface area contributed by atoms with Gasteiger partial charge in [-0.15, -0.1) is 6.42 Å². The van der Waals surface area contributed by atoms with Crippen molar-refractivity contribution in [1.82, 2.24) is 5.32 Å². The van der Waals surface area contributed by atoms with Gasteiger partial charge in [0.1, 0.15) is 5.54 Å².